The summed E-state index contributed by atoms with van der Waals surface area (Å²) >= 11 is 0. The summed E-state index contributed by atoms with van der Waals surface area (Å²) in [6.07, 6.45) is 1.84. The van der Waals surface area contributed by atoms with Crippen molar-refractivity contribution in [3.8, 4) is 0 Å². The molecule has 1 aliphatic rings. The molecule has 2 aromatic carbocycles. The lowest BCUT2D eigenvalue weighted by molar-refractivity contribution is 0.0303. The Morgan fingerprint density at radius 2 is 2.00 bits per heavy atom. The van der Waals surface area contributed by atoms with Crippen molar-refractivity contribution >= 4 is 22.8 Å². The molecule has 20 heavy (non-hydrogen) atoms. The summed E-state index contributed by atoms with van der Waals surface area (Å²) in [5.41, 5.74) is 1.83. The summed E-state index contributed by atoms with van der Waals surface area (Å²) in [6, 6.07) is 11.9. The topological polar surface area (TPSA) is 29.5 Å². The maximum atomic E-state index is 12.4. The number of ether oxygens (including phenoxy) is 1. The van der Waals surface area contributed by atoms with Gasteiger partial charge in [0.2, 0.25) is 0 Å². The molecule has 1 heterocycles. The van der Waals surface area contributed by atoms with Crippen molar-refractivity contribution in [3.05, 3.63) is 54.1 Å². The third kappa shape index (κ3) is 2.32. The third-order valence-corrected chi connectivity index (χ3v) is 3.68. The predicted molar refractivity (Wildman–Crippen MR) is 80.8 cm³/mol. The lowest BCUT2D eigenvalue weighted by Gasteiger charge is -2.27. The Morgan fingerprint density at radius 3 is 2.75 bits per heavy atom. The van der Waals surface area contributed by atoms with Crippen LogP contribution in [0.1, 0.15) is 15.9 Å². The van der Waals surface area contributed by atoms with Crippen LogP contribution >= 0.6 is 0 Å². The second kappa shape index (κ2) is 5.47. The van der Waals surface area contributed by atoms with Crippen LogP contribution < -0.4 is 0 Å². The van der Waals surface area contributed by atoms with E-state index >= 15 is 0 Å². The zero-order valence-corrected chi connectivity index (χ0v) is 11.3. The van der Waals surface area contributed by atoms with E-state index < -0.39 is 0 Å². The van der Waals surface area contributed by atoms with Crippen molar-refractivity contribution in [2.75, 3.05) is 26.3 Å². The van der Waals surface area contributed by atoms with E-state index in [4.69, 9.17) is 4.74 Å². The summed E-state index contributed by atoms with van der Waals surface area (Å²) in [5, 5.41) is 2.20. The number of hydrogen-bond donors (Lipinski definition) is 0. The van der Waals surface area contributed by atoms with E-state index in [1.54, 1.807) is 0 Å². The van der Waals surface area contributed by atoms with Crippen LogP contribution in [0.15, 0.2) is 43.0 Å². The first kappa shape index (κ1) is 12.9. The van der Waals surface area contributed by atoms with Gasteiger partial charge in [-0.3, -0.25) is 4.79 Å². The molecule has 0 spiro atoms. The molecule has 0 radical (unpaired) electrons. The Hall–Kier alpha value is -2.13. The Kier molecular flexibility index (Phi) is 3.52. The minimum absolute atomic E-state index is 0.0826. The number of morpholine rings is 1. The fourth-order valence-electron chi connectivity index (χ4n) is 2.57. The Balaban J connectivity index is 1.96. The van der Waals surface area contributed by atoms with E-state index in [9.17, 15) is 4.79 Å². The average Bonchev–Trinajstić information content (AvgIpc) is 2.53. The quantitative estimate of drug-likeness (QED) is 0.837. The molecule has 1 fully saturated rings. The van der Waals surface area contributed by atoms with Crippen LogP contribution in [0.4, 0.5) is 0 Å². The fraction of sp³-hybridized carbons (Fsp3) is 0.235. The van der Waals surface area contributed by atoms with Gasteiger partial charge in [-0.2, -0.15) is 0 Å². The van der Waals surface area contributed by atoms with Gasteiger partial charge in [0, 0.05) is 18.7 Å². The highest BCUT2D eigenvalue weighted by Crippen LogP contribution is 2.22. The van der Waals surface area contributed by atoms with Gasteiger partial charge < -0.3 is 9.64 Å². The smallest absolute Gasteiger partial charge is 0.254 e. The lowest BCUT2D eigenvalue weighted by atomic mass is 10.0. The van der Waals surface area contributed by atoms with Gasteiger partial charge in [-0.1, -0.05) is 36.9 Å². The molecule has 3 heteroatoms. The van der Waals surface area contributed by atoms with Gasteiger partial charge in [0.1, 0.15) is 0 Å². The molecule has 1 aliphatic heterocycles. The third-order valence-electron chi connectivity index (χ3n) is 3.68. The first-order valence-corrected chi connectivity index (χ1v) is 6.82. The normalized spacial score (nSPS) is 15.3. The van der Waals surface area contributed by atoms with Crippen LogP contribution in [0.3, 0.4) is 0 Å². The van der Waals surface area contributed by atoms with Crippen molar-refractivity contribution < 1.29 is 9.53 Å². The van der Waals surface area contributed by atoms with Gasteiger partial charge in [0.15, 0.2) is 0 Å². The summed E-state index contributed by atoms with van der Waals surface area (Å²) in [6.45, 7) is 6.41. The van der Waals surface area contributed by atoms with Crippen LogP contribution in [0.5, 0.6) is 0 Å². The highest BCUT2D eigenvalue weighted by atomic mass is 16.5. The number of fused-ring (bicyclic) bond motifs is 1. The molecule has 0 N–H and O–H groups in total. The molecular weight excluding hydrogens is 250 g/mol. The van der Waals surface area contributed by atoms with Crippen molar-refractivity contribution in [2.24, 2.45) is 0 Å². The zero-order valence-electron chi connectivity index (χ0n) is 11.3. The summed E-state index contributed by atoms with van der Waals surface area (Å²) < 4.78 is 5.28. The number of carbonyl (C=O) groups excluding carboxylic acids is 1. The summed E-state index contributed by atoms with van der Waals surface area (Å²) in [7, 11) is 0. The Morgan fingerprint density at radius 1 is 1.20 bits per heavy atom. The van der Waals surface area contributed by atoms with Gasteiger partial charge in [0.05, 0.1) is 13.2 Å². The predicted octanol–water partition coefficient (Wildman–Crippen LogP) is 2.96. The Labute approximate surface area is 118 Å². The Bertz CT molecular complexity index is 657. The lowest BCUT2D eigenvalue weighted by Crippen LogP contribution is -2.40. The SMILES string of the molecule is C=Cc1cccc2cc(C(=O)N3CCOCC3)ccc12. The summed E-state index contributed by atoms with van der Waals surface area (Å²) in [5.74, 6) is 0.0826. The summed E-state index contributed by atoms with van der Waals surface area (Å²) in [4.78, 5) is 14.3. The van der Waals surface area contributed by atoms with Gasteiger partial charge in [0.25, 0.3) is 5.91 Å². The molecule has 1 saturated heterocycles. The molecular formula is C17H17NO2. The van der Waals surface area contributed by atoms with E-state index in [-0.39, 0.29) is 5.91 Å². The second-order valence-corrected chi connectivity index (χ2v) is 4.89. The van der Waals surface area contributed by atoms with Crippen LogP contribution in [-0.4, -0.2) is 37.1 Å². The molecule has 2 aromatic rings. The molecule has 0 bridgehead atoms. The number of carbonyl (C=O) groups is 1. The molecule has 3 nitrogen and oxygen atoms in total. The van der Waals surface area contributed by atoms with Crippen LogP contribution in [0, 0.1) is 0 Å². The van der Waals surface area contributed by atoms with E-state index in [0.717, 1.165) is 21.9 Å². The van der Waals surface area contributed by atoms with Crippen molar-refractivity contribution in [1.29, 1.82) is 0 Å². The van der Waals surface area contributed by atoms with Crippen molar-refractivity contribution in [3.63, 3.8) is 0 Å². The molecule has 102 valence electrons. The first-order chi connectivity index (χ1) is 9.79. The average molecular weight is 267 g/mol. The zero-order chi connectivity index (χ0) is 13.9. The number of hydrogen-bond acceptors (Lipinski definition) is 2. The minimum atomic E-state index is 0.0826. The second-order valence-electron chi connectivity index (χ2n) is 4.89. The van der Waals surface area contributed by atoms with E-state index in [0.29, 0.717) is 26.3 Å². The number of amides is 1. The molecule has 0 unspecified atom stereocenters. The maximum Gasteiger partial charge on any atom is 0.254 e. The molecule has 0 saturated carbocycles. The number of rotatable bonds is 2. The largest absolute Gasteiger partial charge is 0.378 e. The van der Waals surface area contributed by atoms with Gasteiger partial charge in [-0.05, 0) is 28.5 Å². The minimum Gasteiger partial charge on any atom is -0.378 e. The van der Waals surface area contributed by atoms with Crippen LogP contribution in [0.25, 0.3) is 16.8 Å². The van der Waals surface area contributed by atoms with E-state index in [2.05, 4.69) is 6.58 Å². The van der Waals surface area contributed by atoms with Gasteiger partial charge >= 0.3 is 0 Å². The first-order valence-electron chi connectivity index (χ1n) is 6.82. The number of nitrogens with zero attached hydrogens (tertiary/aromatic N) is 1. The molecule has 0 atom stereocenters. The molecule has 0 aliphatic carbocycles. The van der Waals surface area contributed by atoms with Crippen LogP contribution in [0.2, 0.25) is 0 Å². The molecule has 3 rings (SSSR count). The van der Waals surface area contributed by atoms with Gasteiger partial charge in [-0.25, -0.2) is 0 Å². The van der Waals surface area contributed by atoms with E-state index in [1.807, 2.05) is 47.4 Å². The monoisotopic (exact) mass is 267 g/mol. The van der Waals surface area contributed by atoms with Gasteiger partial charge in [-0.15, -0.1) is 0 Å². The number of benzene rings is 2. The highest BCUT2D eigenvalue weighted by Gasteiger charge is 2.18. The highest BCUT2D eigenvalue weighted by molar-refractivity contribution is 6.00. The van der Waals surface area contributed by atoms with E-state index in [1.165, 1.54) is 0 Å². The van der Waals surface area contributed by atoms with Crippen molar-refractivity contribution in [2.45, 2.75) is 0 Å². The molecule has 0 aromatic heterocycles. The maximum absolute atomic E-state index is 12.4. The van der Waals surface area contributed by atoms with Crippen molar-refractivity contribution in [1.82, 2.24) is 4.90 Å². The standard InChI is InChI=1S/C17H17NO2/c1-2-13-4-3-5-14-12-15(6-7-16(13)14)17(19)18-8-10-20-11-9-18/h2-7,12H,1,8-11H2. The van der Waals surface area contributed by atoms with Crippen LogP contribution in [-0.2, 0) is 4.74 Å². The fourth-order valence-corrected chi connectivity index (χ4v) is 2.57. The molecule has 1 amide bonds.